The maximum absolute atomic E-state index is 13.0. The number of fused-ring (bicyclic) bond motifs is 2. The standard InChI is InChI=1S/C29H31ClN6O3.C16H25N3O2.C13H8ClN3O2/c1-29(2,3)39-28(38)35-13-11-34(12-14-35)25-10-5-4-7-21(25)16-32-27(37)22-17-31-26-24(18-33-36(26)19-22)20-8-6-9-23(30)15-20;1-16(2,3)21-15(20)19-10-8-18(9-11-19)14-7-5-4-6-13(14)12-17;14-10-3-1-2-8(4-10)11-6-16-17-7-9(13(18)19)5-15-12(11)17/h4-10,15,17-19H,11-14,16H2,1-3H3,(H,32,37);4-7H,8-12,17H2,1-3H3;1-7H,(H,18,19). The van der Waals surface area contributed by atoms with Gasteiger partial charge in [-0.2, -0.15) is 10.2 Å². The summed E-state index contributed by atoms with van der Waals surface area (Å²) >= 11 is 12.1. The van der Waals surface area contributed by atoms with Gasteiger partial charge in [0.25, 0.3) is 5.91 Å². The van der Waals surface area contributed by atoms with Crippen LogP contribution in [0, 0.1) is 0 Å². The highest BCUT2D eigenvalue weighted by molar-refractivity contribution is 6.31. The van der Waals surface area contributed by atoms with Crippen LogP contribution in [-0.4, -0.2) is 132 Å². The Hall–Kier alpha value is -8.26. The number of aromatic carboxylic acids is 1. The number of carboxylic acids is 1. The quantitative estimate of drug-likeness (QED) is 0.123. The number of hydrogen-bond donors (Lipinski definition) is 3. The molecule has 4 aromatic heterocycles. The number of carbonyl (C=O) groups is 4. The first-order valence-corrected chi connectivity index (χ1v) is 26.5. The second kappa shape index (κ2) is 25.0. The first kappa shape index (κ1) is 56.9. The van der Waals surface area contributed by atoms with Gasteiger partial charge in [0.1, 0.15) is 11.2 Å². The molecule has 0 spiro atoms. The van der Waals surface area contributed by atoms with E-state index in [2.05, 4.69) is 47.4 Å². The fraction of sp³-hybridized carbons (Fsp3) is 0.310. The number of carboxylic acid groups (broad SMARTS) is 1. The van der Waals surface area contributed by atoms with E-state index < -0.39 is 17.2 Å². The number of aromatic nitrogens is 6. The van der Waals surface area contributed by atoms with Crippen molar-refractivity contribution in [2.75, 3.05) is 62.2 Å². The molecule has 6 heterocycles. The summed E-state index contributed by atoms with van der Waals surface area (Å²) in [4.78, 5) is 65.0. The van der Waals surface area contributed by atoms with E-state index in [4.69, 9.17) is 43.5 Å². The van der Waals surface area contributed by atoms with Crippen molar-refractivity contribution in [3.63, 3.8) is 0 Å². The molecule has 21 heteroatoms. The van der Waals surface area contributed by atoms with Gasteiger partial charge < -0.3 is 45.2 Å². The Morgan fingerprint density at radius 1 is 0.582 bits per heavy atom. The maximum atomic E-state index is 13.0. The van der Waals surface area contributed by atoms with Crippen molar-refractivity contribution in [2.24, 2.45) is 5.73 Å². The minimum absolute atomic E-state index is 0.0910. The van der Waals surface area contributed by atoms with E-state index in [0.717, 1.165) is 52.2 Å². The summed E-state index contributed by atoms with van der Waals surface area (Å²) in [5.41, 5.74) is 14.3. The molecule has 10 rings (SSSR count). The van der Waals surface area contributed by atoms with Gasteiger partial charge in [-0.05, 0) is 100 Å². The fourth-order valence-electron chi connectivity index (χ4n) is 8.85. The third kappa shape index (κ3) is 14.9. The summed E-state index contributed by atoms with van der Waals surface area (Å²) in [6, 6.07) is 31.0. The van der Waals surface area contributed by atoms with Gasteiger partial charge in [0, 0.05) is 123 Å². The van der Waals surface area contributed by atoms with Gasteiger partial charge in [-0.25, -0.2) is 33.4 Å². The highest BCUT2D eigenvalue weighted by Crippen LogP contribution is 2.29. The van der Waals surface area contributed by atoms with E-state index in [-0.39, 0.29) is 23.7 Å². The number of carbonyl (C=O) groups excluding carboxylic acids is 3. The van der Waals surface area contributed by atoms with Gasteiger partial charge in [-0.3, -0.25) is 4.79 Å². The number of nitrogens with one attached hydrogen (secondary N) is 1. The van der Waals surface area contributed by atoms with Gasteiger partial charge in [0.05, 0.1) is 23.5 Å². The van der Waals surface area contributed by atoms with E-state index in [9.17, 15) is 19.2 Å². The summed E-state index contributed by atoms with van der Waals surface area (Å²) in [5, 5.41) is 21.7. The Kier molecular flexibility index (Phi) is 18.0. The molecular weight excluding hydrogens is 1050 g/mol. The lowest BCUT2D eigenvalue weighted by atomic mass is 10.1. The zero-order chi connectivity index (χ0) is 56.4. The molecule has 2 saturated heterocycles. The summed E-state index contributed by atoms with van der Waals surface area (Å²) in [6.07, 6.45) is 8.81. The van der Waals surface area contributed by atoms with E-state index in [1.807, 2.05) is 120 Å². The Labute approximate surface area is 468 Å². The minimum atomic E-state index is -1.03. The average molecular weight is 1110 g/mol. The highest BCUT2D eigenvalue weighted by Gasteiger charge is 2.28. The molecule has 8 aromatic rings. The molecule has 0 saturated carbocycles. The normalized spacial score (nSPS) is 13.7. The van der Waals surface area contributed by atoms with Crippen molar-refractivity contribution in [1.29, 1.82) is 0 Å². The van der Waals surface area contributed by atoms with Crippen LogP contribution in [0.2, 0.25) is 10.0 Å². The van der Waals surface area contributed by atoms with Gasteiger partial charge in [0.2, 0.25) is 0 Å². The number of ether oxygens (including phenoxy) is 2. The predicted octanol–water partition coefficient (Wildman–Crippen LogP) is 9.99. The van der Waals surface area contributed by atoms with E-state index in [0.29, 0.717) is 79.3 Å². The van der Waals surface area contributed by atoms with Crippen LogP contribution in [-0.2, 0) is 22.6 Å². The Morgan fingerprint density at radius 3 is 1.46 bits per heavy atom. The Balaban J connectivity index is 0.000000172. The van der Waals surface area contributed by atoms with Crippen LogP contribution < -0.4 is 20.9 Å². The van der Waals surface area contributed by atoms with Crippen molar-refractivity contribution in [3.05, 3.63) is 167 Å². The van der Waals surface area contributed by atoms with Crippen LogP contribution in [0.4, 0.5) is 21.0 Å². The highest BCUT2D eigenvalue weighted by atomic mass is 35.5. The minimum Gasteiger partial charge on any atom is -0.478 e. The number of piperazine rings is 2. The number of amides is 3. The largest absolute Gasteiger partial charge is 0.478 e. The van der Waals surface area contributed by atoms with Gasteiger partial charge in [0.15, 0.2) is 11.3 Å². The lowest BCUT2D eigenvalue weighted by Gasteiger charge is -2.37. The second-order valence-corrected chi connectivity index (χ2v) is 21.6. The molecule has 2 aliphatic rings. The van der Waals surface area contributed by atoms with Crippen molar-refractivity contribution in [1.82, 2.24) is 44.3 Å². The Morgan fingerprint density at radius 2 is 1.01 bits per heavy atom. The summed E-state index contributed by atoms with van der Waals surface area (Å²) < 4.78 is 14.0. The molecule has 19 nitrogen and oxygen atoms in total. The smallest absolute Gasteiger partial charge is 0.410 e. The van der Waals surface area contributed by atoms with E-state index in [1.165, 1.54) is 22.6 Å². The molecular formula is C58H64Cl2N12O7. The summed E-state index contributed by atoms with van der Waals surface area (Å²) in [7, 11) is 0. The van der Waals surface area contributed by atoms with Crippen LogP contribution in [0.15, 0.2) is 134 Å². The molecule has 2 aliphatic heterocycles. The predicted molar refractivity (Wildman–Crippen MR) is 306 cm³/mol. The molecule has 3 amide bonds. The molecule has 2 fully saturated rings. The van der Waals surface area contributed by atoms with Crippen LogP contribution >= 0.6 is 23.2 Å². The third-order valence-electron chi connectivity index (χ3n) is 12.7. The number of para-hydroxylation sites is 2. The van der Waals surface area contributed by atoms with Crippen molar-refractivity contribution < 1.29 is 33.8 Å². The van der Waals surface area contributed by atoms with Crippen LogP contribution in [0.5, 0.6) is 0 Å². The molecule has 4 N–H and O–H groups in total. The van der Waals surface area contributed by atoms with Crippen molar-refractivity contribution >= 4 is 69.9 Å². The van der Waals surface area contributed by atoms with Crippen LogP contribution in [0.1, 0.15) is 73.4 Å². The number of benzene rings is 4. The number of halogens is 2. The van der Waals surface area contributed by atoms with Crippen molar-refractivity contribution in [3.8, 4) is 22.3 Å². The van der Waals surface area contributed by atoms with E-state index in [1.54, 1.807) is 45.2 Å². The molecule has 0 radical (unpaired) electrons. The zero-order valence-corrected chi connectivity index (χ0v) is 46.5. The molecule has 0 atom stereocenters. The molecule has 79 heavy (non-hydrogen) atoms. The first-order chi connectivity index (χ1) is 37.7. The summed E-state index contributed by atoms with van der Waals surface area (Å²) in [6.45, 7) is 17.6. The lowest BCUT2D eigenvalue weighted by molar-refractivity contribution is 0.0230. The molecule has 0 aliphatic carbocycles. The average Bonchev–Trinajstić information content (AvgIpc) is 4.13. The number of nitrogens with two attached hydrogens (primary N) is 1. The first-order valence-electron chi connectivity index (χ1n) is 25.8. The topological polar surface area (TPSA) is 218 Å². The molecule has 0 bridgehead atoms. The SMILES string of the molecule is CC(C)(C)OC(=O)N1CCN(c2ccccc2CN)CC1.CC(C)(C)OC(=O)N1CCN(c2ccccc2CNC(=O)c2cnc3c(-c4cccc(Cl)c4)cnn3c2)CC1.O=C(O)c1cnc2c(-c3cccc(Cl)c3)cnn2c1. The molecule has 0 unspecified atom stereocenters. The van der Waals surface area contributed by atoms with E-state index >= 15 is 0 Å². The number of rotatable bonds is 9. The van der Waals surface area contributed by atoms with Gasteiger partial charge in [-0.15, -0.1) is 0 Å². The monoisotopic (exact) mass is 1110 g/mol. The van der Waals surface area contributed by atoms with Crippen molar-refractivity contribution in [2.45, 2.75) is 65.8 Å². The number of nitrogens with zero attached hydrogens (tertiary/aromatic N) is 10. The summed E-state index contributed by atoms with van der Waals surface area (Å²) in [5.74, 6) is -1.28. The van der Waals surface area contributed by atoms with Gasteiger partial charge in [-0.1, -0.05) is 83.9 Å². The zero-order valence-electron chi connectivity index (χ0n) is 45.0. The van der Waals surface area contributed by atoms with Crippen LogP contribution in [0.3, 0.4) is 0 Å². The van der Waals surface area contributed by atoms with Gasteiger partial charge >= 0.3 is 18.2 Å². The number of hydrogen-bond acceptors (Lipinski definition) is 13. The molecule has 412 valence electrons. The lowest BCUT2D eigenvalue weighted by Crippen LogP contribution is -2.50. The maximum Gasteiger partial charge on any atom is 0.410 e. The molecule has 4 aromatic carbocycles. The van der Waals surface area contributed by atoms with Crippen LogP contribution in [0.25, 0.3) is 33.5 Å². The Bertz CT molecular complexity index is 3450. The second-order valence-electron chi connectivity index (χ2n) is 20.7. The third-order valence-corrected chi connectivity index (χ3v) is 13.2. The number of anilines is 2. The fourth-order valence-corrected chi connectivity index (χ4v) is 9.23.